The third kappa shape index (κ3) is 2.86. The lowest BCUT2D eigenvalue weighted by Gasteiger charge is -2.39. The predicted molar refractivity (Wildman–Crippen MR) is 86.8 cm³/mol. The highest BCUT2D eigenvalue weighted by Gasteiger charge is 2.32. The number of rotatable bonds is 2. The molecule has 6 heteroatoms. The van der Waals surface area contributed by atoms with Crippen LogP contribution in [0.3, 0.4) is 0 Å². The molecule has 1 saturated heterocycles. The molecule has 0 spiro atoms. The van der Waals surface area contributed by atoms with Crippen LogP contribution >= 0.6 is 0 Å². The van der Waals surface area contributed by atoms with Gasteiger partial charge >= 0.3 is 0 Å². The number of piperidine rings is 1. The number of nitrogens with zero attached hydrogens (tertiary/aromatic N) is 1. The zero-order chi connectivity index (χ0) is 16.6. The van der Waals surface area contributed by atoms with Gasteiger partial charge in [-0.3, -0.25) is 9.59 Å². The highest BCUT2D eigenvalue weighted by molar-refractivity contribution is 6.06. The van der Waals surface area contributed by atoms with E-state index in [2.05, 4.69) is 11.9 Å². The summed E-state index contributed by atoms with van der Waals surface area (Å²) in [6.45, 7) is 3.10. The van der Waals surface area contributed by atoms with Gasteiger partial charge in [0.15, 0.2) is 0 Å². The Morgan fingerprint density at radius 1 is 1.43 bits per heavy atom. The molecule has 1 aromatic heterocycles. The van der Waals surface area contributed by atoms with E-state index in [1.165, 1.54) is 24.3 Å². The molecule has 2 atom stereocenters. The van der Waals surface area contributed by atoms with Crippen LogP contribution in [0.5, 0.6) is 0 Å². The van der Waals surface area contributed by atoms with E-state index < -0.39 is 11.4 Å². The second kappa shape index (κ2) is 6.12. The fourth-order valence-corrected chi connectivity index (χ4v) is 3.42. The molecule has 1 aliphatic rings. The van der Waals surface area contributed by atoms with E-state index >= 15 is 0 Å². The van der Waals surface area contributed by atoms with E-state index in [0.29, 0.717) is 35.5 Å². The Morgan fingerprint density at radius 2 is 2.22 bits per heavy atom. The molecule has 3 N–H and O–H groups in total. The number of amides is 1. The van der Waals surface area contributed by atoms with Gasteiger partial charge in [-0.25, -0.2) is 4.39 Å². The number of nitrogens with one attached hydrogen (secondary N) is 1. The number of H-pyrrole nitrogens is 1. The zero-order valence-electron chi connectivity index (χ0n) is 13.0. The maximum Gasteiger partial charge on any atom is 0.255 e. The fraction of sp³-hybridized carbons (Fsp3) is 0.412. The first-order valence-corrected chi connectivity index (χ1v) is 7.85. The first-order chi connectivity index (χ1) is 11.0. The molecule has 0 radical (unpaired) electrons. The van der Waals surface area contributed by atoms with Gasteiger partial charge in [-0.2, -0.15) is 0 Å². The Labute approximate surface area is 133 Å². The van der Waals surface area contributed by atoms with Gasteiger partial charge in [0.05, 0.1) is 11.1 Å². The highest BCUT2D eigenvalue weighted by atomic mass is 19.1. The van der Waals surface area contributed by atoms with Gasteiger partial charge in [-0.05, 0) is 37.0 Å². The normalized spacial score (nSPS) is 21.6. The molecular weight excluding hydrogens is 297 g/mol. The molecule has 0 aliphatic carbocycles. The van der Waals surface area contributed by atoms with Crippen molar-refractivity contribution in [1.29, 1.82) is 0 Å². The van der Waals surface area contributed by atoms with E-state index in [-0.39, 0.29) is 11.9 Å². The Bertz CT molecular complexity index is 802. The molecule has 0 unspecified atom stereocenters. The molecular formula is C17H20FN3O2. The number of pyridine rings is 1. The number of likely N-dealkylation sites (tertiary alicyclic amines) is 1. The summed E-state index contributed by atoms with van der Waals surface area (Å²) in [5.74, 6) is -0.345. The van der Waals surface area contributed by atoms with Crippen molar-refractivity contribution in [3.63, 3.8) is 0 Å². The Hall–Kier alpha value is -2.21. The third-order valence-electron chi connectivity index (χ3n) is 4.65. The molecule has 2 heterocycles. The topological polar surface area (TPSA) is 79.2 Å². The average molecular weight is 317 g/mol. The van der Waals surface area contributed by atoms with Gasteiger partial charge in [0.25, 0.3) is 5.91 Å². The lowest BCUT2D eigenvalue weighted by atomic mass is 9.90. The molecule has 5 nitrogen and oxygen atoms in total. The standard InChI is InChI=1S/C17H20FN3O2/c1-10-3-2-6-21(15(10)9-19)17(23)13-8-16(22)20-14-7-11(18)4-5-12(13)14/h4-5,7-8,10,15H,2-3,6,9,19H2,1H3,(H,20,22)/t10-,15+/m0/s1. The van der Waals surface area contributed by atoms with Crippen molar-refractivity contribution < 1.29 is 9.18 Å². The molecule has 23 heavy (non-hydrogen) atoms. The van der Waals surface area contributed by atoms with Crippen LogP contribution in [0.15, 0.2) is 29.1 Å². The van der Waals surface area contributed by atoms with Crippen molar-refractivity contribution in [2.24, 2.45) is 11.7 Å². The highest BCUT2D eigenvalue weighted by Crippen LogP contribution is 2.26. The van der Waals surface area contributed by atoms with Crippen molar-refractivity contribution in [2.75, 3.05) is 13.1 Å². The van der Waals surface area contributed by atoms with E-state index in [1.54, 1.807) is 4.90 Å². The molecule has 1 aromatic carbocycles. The molecule has 1 aliphatic heterocycles. The number of carbonyl (C=O) groups is 1. The lowest BCUT2D eigenvalue weighted by molar-refractivity contribution is 0.0534. The van der Waals surface area contributed by atoms with Gasteiger partial charge in [0, 0.05) is 30.6 Å². The first kappa shape index (κ1) is 15.7. The number of benzene rings is 1. The van der Waals surface area contributed by atoms with Crippen LogP contribution in [-0.4, -0.2) is 34.9 Å². The largest absolute Gasteiger partial charge is 0.334 e. The molecule has 122 valence electrons. The van der Waals surface area contributed by atoms with E-state index in [0.717, 1.165) is 12.8 Å². The minimum Gasteiger partial charge on any atom is -0.334 e. The summed E-state index contributed by atoms with van der Waals surface area (Å²) in [6, 6.07) is 5.29. The van der Waals surface area contributed by atoms with Gasteiger partial charge in [0.2, 0.25) is 5.56 Å². The second-order valence-electron chi connectivity index (χ2n) is 6.16. The number of hydrogen-bond donors (Lipinski definition) is 2. The Balaban J connectivity index is 2.08. The van der Waals surface area contributed by atoms with Crippen LogP contribution in [-0.2, 0) is 0 Å². The summed E-state index contributed by atoms with van der Waals surface area (Å²) < 4.78 is 13.4. The van der Waals surface area contributed by atoms with Gasteiger partial charge < -0.3 is 15.6 Å². The van der Waals surface area contributed by atoms with Crippen LogP contribution in [0, 0.1) is 11.7 Å². The number of halogens is 1. The first-order valence-electron chi connectivity index (χ1n) is 7.85. The average Bonchev–Trinajstić information content (AvgIpc) is 2.52. The molecule has 1 fully saturated rings. The molecule has 0 bridgehead atoms. The van der Waals surface area contributed by atoms with Crippen molar-refractivity contribution in [1.82, 2.24) is 9.88 Å². The fourth-order valence-electron chi connectivity index (χ4n) is 3.42. The number of aromatic amines is 1. The van der Waals surface area contributed by atoms with Crippen LogP contribution in [0.4, 0.5) is 4.39 Å². The molecule has 3 rings (SSSR count). The van der Waals surface area contributed by atoms with Crippen LogP contribution in [0.1, 0.15) is 30.1 Å². The zero-order valence-corrected chi connectivity index (χ0v) is 13.0. The lowest BCUT2D eigenvalue weighted by Crippen LogP contribution is -2.51. The van der Waals surface area contributed by atoms with E-state index in [9.17, 15) is 14.0 Å². The number of nitrogens with two attached hydrogens (primary N) is 1. The number of fused-ring (bicyclic) bond motifs is 1. The minimum atomic E-state index is -0.454. The Morgan fingerprint density at radius 3 is 2.96 bits per heavy atom. The third-order valence-corrected chi connectivity index (χ3v) is 4.65. The number of carbonyl (C=O) groups excluding carboxylic acids is 1. The number of hydrogen-bond acceptors (Lipinski definition) is 3. The minimum absolute atomic E-state index is 0.0361. The summed E-state index contributed by atoms with van der Waals surface area (Å²) >= 11 is 0. The molecule has 2 aromatic rings. The van der Waals surface area contributed by atoms with Gasteiger partial charge in [-0.15, -0.1) is 0 Å². The van der Waals surface area contributed by atoms with Crippen LogP contribution < -0.4 is 11.3 Å². The second-order valence-corrected chi connectivity index (χ2v) is 6.16. The van der Waals surface area contributed by atoms with Gasteiger partial charge in [-0.1, -0.05) is 6.92 Å². The van der Waals surface area contributed by atoms with Crippen molar-refractivity contribution >= 4 is 16.8 Å². The maximum absolute atomic E-state index is 13.4. The maximum atomic E-state index is 13.4. The van der Waals surface area contributed by atoms with Crippen molar-refractivity contribution in [3.05, 3.63) is 46.0 Å². The van der Waals surface area contributed by atoms with Crippen molar-refractivity contribution in [2.45, 2.75) is 25.8 Å². The summed E-state index contributed by atoms with van der Waals surface area (Å²) in [6.07, 6.45) is 1.95. The Kier molecular flexibility index (Phi) is 4.17. The monoisotopic (exact) mass is 317 g/mol. The van der Waals surface area contributed by atoms with E-state index in [1.807, 2.05) is 0 Å². The quantitative estimate of drug-likeness (QED) is 0.887. The van der Waals surface area contributed by atoms with Gasteiger partial charge in [0.1, 0.15) is 5.82 Å². The van der Waals surface area contributed by atoms with Crippen LogP contribution in [0.2, 0.25) is 0 Å². The smallest absolute Gasteiger partial charge is 0.255 e. The summed E-state index contributed by atoms with van der Waals surface area (Å²) in [5, 5.41) is 0.546. The summed E-state index contributed by atoms with van der Waals surface area (Å²) in [4.78, 5) is 29.2. The molecule has 0 saturated carbocycles. The summed E-state index contributed by atoms with van der Waals surface area (Å²) in [5.41, 5.74) is 6.07. The van der Waals surface area contributed by atoms with Crippen molar-refractivity contribution in [3.8, 4) is 0 Å². The molecule has 1 amide bonds. The predicted octanol–water partition coefficient (Wildman–Crippen LogP) is 1.87. The summed E-state index contributed by atoms with van der Waals surface area (Å²) in [7, 11) is 0. The van der Waals surface area contributed by atoms with E-state index in [4.69, 9.17) is 5.73 Å². The SMILES string of the molecule is C[C@H]1CCCN(C(=O)c2cc(=O)[nH]c3cc(F)ccc23)[C@@H]1CN. The van der Waals surface area contributed by atoms with Crippen LogP contribution in [0.25, 0.3) is 10.9 Å². The number of aromatic nitrogens is 1.